The molecule has 0 bridgehead atoms. The zero-order chi connectivity index (χ0) is 31.3. The summed E-state index contributed by atoms with van der Waals surface area (Å²) in [6.07, 6.45) is -1.36. The first-order valence-corrected chi connectivity index (χ1v) is 14.2. The lowest BCUT2D eigenvalue weighted by molar-refractivity contribution is -0.128. The molecule has 0 spiro atoms. The van der Waals surface area contributed by atoms with Crippen molar-refractivity contribution in [2.75, 3.05) is 13.1 Å². The molecule has 0 aliphatic carbocycles. The van der Waals surface area contributed by atoms with Gasteiger partial charge >= 0.3 is 12.1 Å². The number of nitrogens with one attached hydrogen (secondary N) is 4. The molecule has 6 amide bonds. The number of rotatable bonds is 14. The van der Waals surface area contributed by atoms with Crippen LogP contribution in [-0.4, -0.2) is 70.7 Å². The van der Waals surface area contributed by atoms with Crippen LogP contribution < -0.4 is 27.0 Å². The Morgan fingerprint density at radius 3 is 1.98 bits per heavy atom. The van der Waals surface area contributed by atoms with E-state index in [0.29, 0.717) is 6.54 Å². The number of primary amides is 1. The summed E-state index contributed by atoms with van der Waals surface area (Å²) in [7, 11) is 0. The molecule has 11 nitrogen and oxygen atoms in total. The number of carbonyl (C=O) groups is 4. The minimum Gasteiger partial charge on any atom is -0.389 e. The molecule has 2 aromatic carbocycles. The molecule has 0 aliphatic heterocycles. The van der Waals surface area contributed by atoms with Crippen molar-refractivity contribution in [1.29, 1.82) is 0 Å². The van der Waals surface area contributed by atoms with E-state index in [4.69, 9.17) is 5.73 Å². The average Bonchev–Trinajstić information content (AvgIpc) is 2.90. The molecule has 230 valence electrons. The van der Waals surface area contributed by atoms with Crippen LogP contribution in [-0.2, 0) is 22.6 Å². The molecule has 2 rings (SSSR count). The Balaban J connectivity index is 2.21. The second-order valence-corrected chi connectivity index (χ2v) is 11.9. The summed E-state index contributed by atoms with van der Waals surface area (Å²) >= 11 is 0. The van der Waals surface area contributed by atoms with Crippen molar-refractivity contribution in [3.05, 3.63) is 71.8 Å². The quantitative estimate of drug-likeness (QED) is 0.201. The van der Waals surface area contributed by atoms with E-state index in [1.807, 2.05) is 95.3 Å². The second-order valence-electron chi connectivity index (χ2n) is 11.9. The summed E-state index contributed by atoms with van der Waals surface area (Å²) in [4.78, 5) is 52.4. The third kappa shape index (κ3) is 13.0. The van der Waals surface area contributed by atoms with E-state index in [2.05, 4.69) is 21.3 Å². The van der Waals surface area contributed by atoms with Crippen LogP contribution in [0.3, 0.4) is 0 Å². The highest BCUT2D eigenvalue weighted by Crippen LogP contribution is 2.12. The van der Waals surface area contributed by atoms with Crippen LogP contribution in [0.5, 0.6) is 0 Å². The molecule has 7 N–H and O–H groups in total. The summed E-state index contributed by atoms with van der Waals surface area (Å²) in [5, 5.41) is 22.3. The molecule has 0 radical (unpaired) electrons. The van der Waals surface area contributed by atoms with E-state index < -0.39 is 48.0 Å². The van der Waals surface area contributed by atoms with E-state index in [1.165, 1.54) is 4.90 Å². The zero-order valence-electron chi connectivity index (χ0n) is 25.2. The van der Waals surface area contributed by atoms with Gasteiger partial charge in [-0.25, -0.2) is 9.59 Å². The highest BCUT2D eigenvalue weighted by Gasteiger charge is 2.31. The fraction of sp³-hybridized carbons (Fsp3) is 0.484. The normalized spacial score (nSPS) is 13.4. The number of hydrogen-bond donors (Lipinski definition) is 6. The highest BCUT2D eigenvalue weighted by atomic mass is 16.3. The van der Waals surface area contributed by atoms with Crippen LogP contribution in [0.4, 0.5) is 9.59 Å². The van der Waals surface area contributed by atoms with Crippen molar-refractivity contribution in [2.45, 2.75) is 77.7 Å². The number of amides is 6. The first-order chi connectivity index (χ1) is 19.7. The van der Waals surface area contributed by atoms with Gasteiger partial charge in [-0.05, 0) is 44.2 Å². The van der Waals surface area contributed by atoms with Gasteiger partial charge in [-0.1, -0.05) is 74.5 Å². The lowest BCUT2D eigenvalue weighted by Crippen LogP contribution is -2.58. The van der Waals surface area contributed by atoms with Crippen molar-refractivity contribution < 1.29 is 24.3 Å². The van der Waals surface area contributed by atoms with Gasteiger partial charge in [0.1, 0.15) is 6.04 Å². The van der Waals surface area contributed by atoms with Crippen LogP contribution in [0.15, 0.2) is 60.7 Å². The lowest BCUT2D eigenvalue weighted by Gasteiger charge is -2.34. The maximum Gasteiger partial charge on any atom is 0.317 e. The topological polar surface area (TPSA) is 166 Å². The lowest BCUT2D eigenvalue weighted by atomic mass is 9.99. The van der Waals surface area contributed by atoms with Gasteiger partial charge in [0.05, 0.1) is 25.1 Å². The molecule has 0 aliphatic rings. The predicted molar refractivity (Wildman–Crippen MR) is 162 cm³/mol. The second kappa shape index (κ2) is 16.4. The number of aliphatic hydroxyl groups is 1. The average molecular weight is 583 g/mol. The zero-order valence-corrected chi connectivity index (χ0v) is 25.2. The molecule has 0 aromatic heterocycles. The molecule has 0 saturated carbocycles. The van der Waals surface area contributed by atoms with Gasteiger partial charge in [-0.15, -0.1) is 0 Å². The minimum atomic E-state index is -1.28. The van der Waals surface area contributed by atoms with Gasteiger partial charge in [0.15, 0.2) is 0 Å². The van der Waals surface area contributed by atoms with Crippen LogP contribution in [0.1, 0.15) is 52.2 Å². The summed E-state index contributed by atoms with van der Waals surface area (Å²) in [5.41, 5.74) is 6.61. The molecule has 0 saturated heterocycles. The molecule has 3 unspecified atom stereocenters. The Hall–Kier alpha value is -4.12. The fourth-order valence-electron chi connectivity index (χ4n) is 4.27. The van der Waals surface area contributed by atoms with Gasteiger partial charge < -0.3 is 37.0 Å². The van der Waals surface area contributed by atoms with Crippen LogP contribution >= 0.6 is 0 Å². The molecular weight excluding hydrogens is 536 g/mol. The number of hydrogen-bond acceptors (Lipinski definition) is 5. The minimum absolute atomic E-state index is 0.0522. The van der Waals surface area contributed by atoms with Crippen molar-refractivity contribution in [1.82, 2.24) is 26.2 Å². The van der Waals surface area contributed by atoms with Gasteiger partial charge in [0.25, 0.3) is 0 Å². The number of aliphatic hydroxyl groups excluding tert-OH is 1. The van der Waals surface area contributed by atoms with Gasteiger partial charge in [-0.2, -0.15) is 0 Å². The Bertz CT molecular complexity index is 1150. The Morgan fingerprint density at radius 1 is 0.881 bits per heavy atom. The van der Waals surface area contributed by atoms with E-state index in [1.54, 1.807) is 0 Å². The summed E-state index contributed by atoms with van der Waals surface area (Å²) in [5.74, 6) is -1.33. The van der Waals surface area contributed by atoms with Crippen LogP contribution in [0.25, 0.3) is 0 Å². The molecule has 2 aromatic rings. The maximum atomic E-state index is 13.4. The molecular formula is C31H46N6O5. The van der Waals surface area contributed by atoms with Crippen LogP contribution in [0.2, 0.25) is 0 Å². The van der Waals surface area contributed by atoms with E-state index in [0.717, 1.165) is 11.1 Å². The number of carbonyl (C=O) groups excluding carboxylic acids is 4. The van der Waals surface area contributed by atoms with E-state index in [9.17, 15) is 24.3 Å². The number of nitrogens with zero attached hydrogens (tertiary/aromatic N) is 1. The molecule has 11 heteroatoms. The Morgan fingerprint density at radius 2 is 1.45 bits per heavy atom. The van der Waals surface area contributed by atoms with Gasteiger partial charge in [0, 0.05) is 18.6 Å². The Labute approximate surface area is 248 Å². The Kier molecular flexibility index (Phi) is 13.3. The number of benzene rings is 2. The third-order valence-electron chi connectivity index (χ3n) is 6.18. The van der Waals surface area contributed by atoms with Crippen molar-refractivity contribution in [2.24, 2.45) is 11.7 Å². The van der Waals surface area contributed by atoms with Crippen LogP contribution in [0, 0.1) is 5.92 Å². The summed E-state index contributed by atoms with van der Waals surface area (Å²) in [6, 6.07) is 15.4. The smallest absolute Gasteiger partial charge is 0.317 e. The first kappa shape index (κ1) is 34.1. The predicted octanol–water partition coefficient (Wildman–Crippen LogP) is 2.28. The highest BCUT2D eigenvalue weighted by molar-refractivity contribution is 5.91. The summed E-state index contributed by atoms with van der Waals surface area (Å²) in [6.45, 7) is 10.1. The maximum absolute atomic E-state index is 13.4. The van der Waals surface area contributed by atoms with E-state index >= 15 is 0 Å². The largest absolute Gasteiger partial charge is 0.389 e. The van der Waals surface area contributed by atoms with Crippen molar-refractivity contribution >= 4 is 23.9 Å². The standard InChI is InChI=1S/C31H46N6O5/c1-21(2)19-37(30(42)36-31(3,4)5)20-26(38)24(16-22-12-8-6-9-13-22)34-28(40)25(17-27(32)39)35-29(41)33-18-23-14-10-7-11-15-23/h6-15,21,24-26,38H,16-20H2,1-5H3,(H2,32,39)(H,34,40)(H,36,42)(H2,33,35,41). The SMILES string of the molecule is CC(C)CN(CC(O)C(Cc1ccccc1)NC(=O)C(CC(N)=O)NC(=O)NCc1ccccc1)C(=O)NC(C)(C)C. The van der Waals surface area contributed by atoms with Crippen molar-refractivity contribution in [3.63, 3.8) is 0 Å². The number of nitrogens with two attached hydrogens (primary N) is 1. The summed E-state index contributed by atoms with van der Waals surface area (Å²) < 4.78 is 0. The molecule has 0 heterocycles. The first-order valence-electron chi connectivity index (χ1n) is 14.2. The van der Waals surface area contributed by atoms with Crippen molar-refractivity contribution in [3.8, 4) is 0 Å². The molecule has 3 atom stereocenters. The monoisotopic (exact) mass is 582 g/mol. The molecule has 42 heavy (non-hydrogen) atoms. The van der Waals surface area contributed by atoms with E-state index in [-0.39, 0.29) is 31.5 Å². The fourth-order valence-corrected chi connectivity index (χ4v) is 4.27. The third-order valence-corrected chi connectivity index (χ3v) is 6.18. The van der Waals surface area contributed by atoms with Gasteiger partial charge in [0.2, 0.25) is 11.8 Å². The number of urea groups is 2. The van der Waals surface area contributed by atoms with Gasteiger partial charge in [-0.3, -0.25) is 9.59 Å². The molecule has 0 fully saturated rings.